The highest BCUT2D eigenvalue weighted by Crippen LogP contribution is 1.98. The Labute approximate surface area is 124 Å². The molecular formula is C10H12N4O4S2. The molecule has 0 unspecified atom stereocenters. The number of nitrogens with zero attached hydrogens (tertiary/aromatic N) is 4. The molecule has 0 aromatic rings. The third-order valence-electron chi connectivity index (χ3n) is 1.26. The zero-order valence-electron chi connectivity index (χ0n) is 10.5. The smallest absolute Gasteiger partial charge is 0.211 e. The number of carbonyl (C=O) groups excluding carboxylic acids is 4. The van der Waals surface area contributed by atoms with Crippen molar-refractivity contribution in [2.75, 3.05) is 36.3 Å². The highest BCUT2D eigenvalue weighted by molar-refractivity contribution is 7.99. The molecule has 0 aromatic heterocycles. The summed E-state index contributed by atoms with van der Waals surface area (Å²) in [5.41, 5.74) is 0. The molecule has 0 spiro atoms. The Morgan fingerprint density at radius 3 is 1.35 bits per heavy atom. The van der Waals surface area contributed by atoms with Gasteiger partial charge in [-0.05, 0) is 0 Å². The molecule has 0 heterocycles. The molecule has 0 aromatic carbocycles. The van der Waals surface area contributed by atoms with Crippen molar-refractivity contribution in [2.24, 2.45) is 20.0 Å². The van der Waals surface area contributed by atoms with Gasteiger partial charge in [-0.2, -0.15) is 21.7 Å². The molecule has 0 radical (unpaired) electrons. The molecular weight excluding hydrogens is 304 g/mol. The van der Waals surface area contributed by atoms with E-state index < -0.39 is 0 Å². The summed E-state index contributed by atoms with van der Waals surface area (Å²) in [6.07, 6.45) is 5.61. The molecule has 8 nitrogen and oxygen atoms in total. The zero-order chi connectivity index (χ0) is 15.3. The van der Waals surface area contributed by atoms with Crippen LogP contribution in [-0.2, 0) is 19.2 Å². The monoisotopic (exact) mass is 316 g/mol. The maximum atomic E-state index is 9.57. The van der Waals surface area contributed by atoms with Gasteiger partial charge in [0, 0.05) is 11.5 Å². The van der Waals surface area contributed by atoms with Crippen molar-refractivity contribution in [3.63, 3.8) is 0 Å². The number of hydrogen-bond donors (Lipinski definition) is 0. The van der Waals surface area contributed by atoms with Crippen LogP contribution in [0.3, 0.4) is 0 Å². The lowest BCUT2D eigenvalue weighted by molar-refractivity contribution is 0.563. The lowest BCUT2D eigenvalue weighted by Crippen LogP contribution is -1.89. The van der Waals surface area contributed by atoms with Crippen LogP contribution < -0.4 is 0 Å². The predicted molar refractivity (Wildman–Crippen MR) is 76.9 cm³/mol. The molecule has 0 aliphatic carbocycles. The SMILES string of the molecule is O=C=NCCSCCN=C=O.O=C=NCSCN=C=O. The van der Waals surface area contributed by atoms with Crippen molar-refractivity contribution in [3.8, 4) is 0 Å². The van der Waals surface area contributed by atoms with E-state index in [1.54, 1.807) is 11.8 Å². The normalized spacial score (nSPS) is 7.60. The minimum atomic E-state index is 0.300. The molecule has 0 saturated carbocycles. The quantitative estimate of drug-likeness (QED) is 0.332. The van der Waals surface area contributed by atoms with E-state index in [0.29, 0.717) is 24.8 Å². The maximum Gasteiger partial charge on any atom is 0.235 e. The van der Waals surface area contributed by atoms with E-state index in [-0.39, 0.29) is 0 Å². The Bertz CT molecular complexity index is 383. The molecule has 10 heteroatoms. The first-order chi connectivity index (χ1) is 9.83. The Balaban J connectivity index is 0. The largest absolute Gasteiger partial charge is 0.235 e. The highest BCUT2D eigenvalue weighted by Gasteiger charge is 1.85. The average molecular weight is 316 g/mol. The number of hydrogen-bond acceptors (Lipinski definition) is 10. The van der Waals surface area contributed by atoms with Gasteiger partial charge in [0.2, 0.25) is 24.3 Å². The zero-order valence-corrected chi connectivity index (χ0v) is 12.1. The van der Waals surface area contributed by atoms with E-state index in [0.717, 1.165) is 11.5 Å². The topological polar surface area (TPSA) is 118 Å². The van der Waals surface area contributed by atoms with Crippen LogP contribution in [0.25, 0.3) is 0 Å². The van der Waals surface area contributed by atoms with Crippen LogP contribution >= 0.6 is 23.5 Å². The summed E-state index contributed by atoms with van der Waals surface area (Å²) >= 11 is 2.83. The van der Waals surface area contributed by atoms with E-state index in [1.807, 2.05) is 0 Å². The lowest BCUT2D eigenvalue weighted by atomic mass is 10.8. The van der Waals surface area contributed by atoms with Crippen molar-refractivity contribution in [1.82, 2.24) is 0 Å². The second kappa shape index (κ2) is 22.4. The van der Waals surface area contributed by atoms with E-state index in [2.05, 4.69) is 20.0 Å². The summed E-state index contributed by atoms with van der Waals surface area (Å²) in [5.74, 6) is 2.14. The van der Waals surface area contributed by atoms with Crippen LogP contribution in [0.2, 0.25) is 0 Å². The molecule has 0 fully saturated rings. The van der Waals surface area contributed by atoms with Crippen LogP contribution in [0.4, 0.5) is 0 Å². The van der Waals surface area contributed by atoms with Crippen LogP contribution in [-0.4, -0.2) is 60.7 Å². The van der Waals surface area contributed by atoms with Gasteiger partial charge in [-0.25, -0.2) is 29.2 Å². The summed E-state index contributed by atoms with van der Waals surface area (Å²) in [6.45, 7) is 0.970. The molecule has 0 aliphatic heterocycles. The summed E-state index contributed by atoms with van der Waals surface area (Å²) in [6, 6.07) is 0. The number of thioether (sulfide) groups is 2. The highest BCUT2D eigenvalue weighted by atomic mass is 32.2. The molecule has 108 valence electrons. The van der Waals surface area contributed by atoms with Gasteiger partial charge in [-0.1, -0.05) is 0 Å². The van der Waals surface area contributed by atoms with Crippen molar-refractivity contribution >= 4 is 47.8 Å². The summed E-state index contributed by atoms with van der Waals surface area (Å²) in [7, 11) is 0. The molecule has 0 amide bonds. The van der Waals surface area contributed by atoms with Crippen molar-refractivity contribution in [1.29, 1.82) is 0 Å². The van der Waals surface area contributed by atoms with Gasteiger partial charge in [0.25, 0.3) is 0 Å². The minimum Gasteiger partial charge on any atom is -0.211 e. The first-order valence-corrected chi connectivity index (χ1v) is 7.44. The molecule has 0 bridgehead atoms. The van der Waals surface area contributed by atoms with Crippen LogP contribution in [0.15, 0.2) is 20.0 Å². The molecule has 20 heavy (non-hydrogen) atoms. The first-order valence-electron chi connectivity index (χ1n) is 5.13. The van der Waals surface area contributed by atoms with Gasteiger partial charge in [-0.15, -0.1) is 11.8 Å². The third kappa shape index (κ3) is 25.2. The molecule has 0 aliphatic rings. The van der Waals surface area contributed by atoms with Crippen molar-refractivity contribution in [3.05, 3.63) is 0 Å². The van der Waals surface area contributed by atoms with Crippen LogP contribution in [0, 0.1) is 0 Å². The Morgan fingerprint density at radius 2 is 1.00 bits per heavy atom. The Hall–Kier alpha value is -1.78. The molecule has 0 rings (SSSR count). The van der Waals surface area contributed by atoms with Crippen molar-refractivity contribution < 1.29 is 19.2 Å². The van der Waals surface area contributed by atoms with Crippen LogP contribution in [0.5, 0.6) is 0 Å². The second-order valence-corrected chi connectivity index (χ2v) is 4.67. The minimum absolute atomic E-state index is 0.300. The third-order valence-corrected chi connectivity index (χ3v) is 2.83. The lowest BCUT2D eigenvalue weighted by Gasteiger charge is -1.91. The fourth-order valence-corrected chi connectivity index (χ4v) is 1.61. The standard InChI is InChI=1S/C6H8N2O2S.C4H4N2O2S/c9-5-7-1-3-11-4-2-8-6-10;7-1-5-3-9-4-6-2-8/h1-4H2;3-4H2. The van der Waals surface area contributed by atoms with Crippen molar-refractivity contribution in [2.45, 2.75) is 0 Å². The number of aliphatic imine (C=N–C) groups is 4. The number of isocyanates is 4. The van der Waals surface area contributed by atoms with E-state index >= 15 is 0 Å². The fourth-order valence-electron chi connectivity index (χ4n) is 0.599. The van der Waals surface area contributed by atoms with E-state index in [1.165, 1.54) is 36.1 Å². The van der Waals surface area contributed by atoms with Crippen LogP contribution in [0.1, 0.15) is 0 Å². The van der Waals surface area contributed by atoms with Gasteiger partial charge in [0.15, 0.2) is 0 Å². The van der Waals surface area contributed by atoms with Gasteiger partial charge in [0.05, 0.1) is 24.8 Å². The van der Waals surface area contributed by atoms with Gasteiger partial charge >= 0.3 is 0 Å². The maximum absolute atomic E-state index is 9.57. The Morgan fingerprint density at radius 1 is 0.600 bits per heavy atom. The fraction of sp³-hybridized carbons (Fsp3) is 0.600. The average Bonchev–Trinajstić information content (AvgIpc) is 2.47. The summed E-state index contributed by atoms with van der Waals surface area (Å²) < 4.78 is 0. The predicted octanol–water partition coefficient (Wildman–Crippen LogP) is 0.697. The van der Waals surface area contributed by atoms with Gasteiger partial charge < -0.3 is 0 Å². The summed E-state index contributed by atoms with van der Waals surface area (Å²) in [4.78, 5) is 51.1. The number of rotatable bonds is 10. The van der Waals surface area contributed by atoms with Gasteiger partial charge in [-0.3, -0.25) is 0 Å². The second-order valence-electron chi connectivity index (χ2n) is 2.52. The van der Waals surface area contributed by atoms with E-state index in [9.17, 15) is 19.2 Å². The molecule has 0 atom stereocenters. The molecule has 0 N–H and O–H groups in total. The van der Waals surface area contributed by atoms with E-state index in [4.69, 9.17) is 0 Å². The molecule has 0 saturated heterocycles. The van der Waals surface area contributed by atoms with Gasteiger partial charge in [0.1, 0.15) is 0 Å². The summed E-state index contributed by atoms with van der Waals surface area (Å²) in [5, 5.41) is 0. The first kappa shape index (κ1) is 20.5. The Kier molecular flexibility index (Phi) is 23.0.